The van der Waals surface area contributed by atoms with Crippen LogP contribution in [0.1, 0.15) is 31.7 Å². The first-order chi connectivity index (χ1) is 9.58. The van der Waals surface area contributed by atoms with Crippen LogP contribution in [0.15, 0.2) is 12.1 Å². The number of hydrogen-bond donors (Lipinski definition) is 2. The summed E-state index contributed by atoms with van der Waals surface area (Å²) in [4.78, 5) is 13.1. The summed E-state index contributed by atoms with van der Waals surface area (Å²) in [6, 6.07) is 3.85. The Morgan fingerprint density at radius 1 is 1.20 bits per heavy atom. The molecule has 0 aromatic heterocycles. The summed E-state index contributed by atoms with van der Waals surface area (Å²) in [6.07, 6.45) is 4.30. The van der Waals surface area contributed by atoms with E-state index in [2.05, 4.69) is 4.90 Å². The van der Waals surface area contributed by atoms with Gasteiger partial charge in [0.2, 0.25) is 0 Å². The standard InChI is InChI=1S/C15H23N3O2/c1-11(19)20-8-5-12-9-15(14(17)10-13(12)16)18-6-3-2-4-7-18/h9-10H,2-8,16-17H2,1H3. The Labute approximate surface area is 119 Å². The molecule has 1 aromatic carbocycles. The zero-order valence-corrected chi connectivity index (χ0v) is 12.0. The largest absolute Gasteiger partial charge is 0.466 e. The average Bonchev–Trinajstić information content (AvgIpc) is 2.42. The maximum atomic E-state index is 10.8. The van der Waals surface area contributed by atoms with E-state index in [1.54, 1.807) is 0 Å². The third-order valence-corrected chi connectivity index (χ3v) is 3.66. The zero-order valence-electron chi connectivity index (χ0n) is 12.0. The van der Waals surface area contributed by atoms with Crippen molar-refractivity contribution < 1.29 is 9.53 Å². The van der Waals surface area contributed by atoms with Crippen LogP contribution >= 0.6 is 0 Å². The molecule has 1 aromatic rings. The van der Waals surface area contributed by atoms with Crippen molar-refractivity contribution in [3.63, 3.8) is 0 Å². The first-order valence-electron chi connectivity index (χ1n) is 7.14. The summed E-state index contributed by atoms with van der Waals surface area (Å²) in [5.74, 6) is -0.268. The Kier molecular flexibility index (Phi) is 4.71. The molecule has 1 aliphatic rings. The van der Waals surface area contributed by atoms with Gasteiger partial charge in [0.25, 0.3) is 0 Å². The van der Waals surface area contributed by atoms with Crippen LogP contribution in [0.2, 0.25) is 0 Å². The van der Waals surface area contributed by atoms with Crippen LogP contribution in [0.4, 0.5) is 17.1 Å². The SMILES string of the molecule is CC(=O)OCCc1cc(N2CCCCC2)c(N)cc1N. The number of nitrogens with zero attached hydrogens (tertiary/aromatic N) is 1. The molecular weight excluding hydrogens is 254 g/mol. The second kappa shape index (κ2) is 6.50. The maximum Gasteiger partial charge on any atom is 0.302 e. The van der Waals surface area contributed by atoms with Crippen molar-refractivity contribution in [1.29, 1.82) is 0 Å². The number of carbonyl (C=O) groups excluding carboxylic acids is 1. The molecule has 0 aliphatic carbocycles. The van der Waals surface area contributed by atoms with E-state index in [4.69, 9.17) is 16.2 Å². The van der Waals surface area contributed by atoms with E-state index >= 15 is 0 Å². The number of rotatable bonds is 4. The summed E-state index contributed by atoms with van der Waals surface area (Å²) < 4.78 is 4.98. The third-order valence-electron chi connectivity index (χ3n) is 3.66. The van der Waals surface area contributed by atoms with Crippen LogP contribution in [0.3, 0.4) is 0 Å². The van der Waals surface area contributed by atoms with Crippen LogP contribution in [0.25, 0.3) is 0 Å². The van der Waals surface area contributed by atoms with Crippen molar-refractivity contribution in [2.75, 3.05) is 36.1 Å². The van der Waals surface area contributed by atoms with Gasteiger partial charge in [-0.25, -0.2) is 0 Å². The number of ether oxygens (including phenoxy) is 1. The highest BCUT2D eigenvalue weighted by atomic mass is 16.5. The minimum Gasteiger partial charge on any atom is -0.466 e. The van der Waals surface area contributed by atoms with E-state index in [9.17, 15) is 4.79 Å². The predicted octanol–water partition coefficient (Wildman–Crippen LogP) is 1.95. The van der Waals surface area contributed by atoms with Gasteiger partial charge in [0.1, 0.15) is 0 Å². The number of hydrogen-bond acceptors (Lipinski definition) is 5. The quantitative estimate of drug-likeness (QED) is 0.649. The van der Waals surface area contributed by atoms with E-state index in [-0.39, 0.29) is 5.97 Å². The monoisotopic (exact) mass is 277 g/mol. The van der Waals surface area contributed by atoms with Crippen molar-refractivity contribution in [1.82, 2.24) is 0 Å². The van der Waals surface area contributed by atoms with Crippen LogP contribution in [0.5, 0.6) is 0 Å². The van der Waals surface area contributed by atoms with Crippen LogP contribution < -0.4 is 16.4 Å². The molecule has 5 heteroatoms. The fraction of sp³-hybridized carbons (Fsp3) is 0.533. The van der Waals surface area contributed by atoms with Gasteiger partial charge < -0.3 is 21.1 Å². The van der Waals surface area contributed by atoms with Crippen molar-refractivity contribution in [2.24, 2.45) is 0 Å². The predicted molar refractivity (Wildman–Crippen MR) is 81.7 cm³/mol. The topological polar surface area (TPSA) is 81.6 Å². The fourth-order valence-corrected chi connectivity index (χ4v) is 2.60. The summed E-state index contributed by atoms with van der Waals surface area (Å²) in [7, 11) is 0. The fourth-order valence-electron chi connectivity index (χ4n) is 2.60. The molecular formula is C15H23N3O2. The lowest BCUT2D eigenvalue weighted by molar-refractivity contribution is -0.140. The number of nitrogens with two attached hydrogens (primary N) is 2. The molecule has 5 nitrogen and oxygen atoms in total. The third kappa shape index (κ3) is 3.56. The lowest BCUT2D eigenvalue weighted by atomic mass is 10.0. The molecule has 1 saturated heterocycles. The van der Waals surface area contributed by atoms with E-state index in [1.807, 2.05) is 12.1 Å². The van der Waals surface area contributed by atoms with Gasteiger partial charge in [-0.15, -0.1) is 0 Å². The molecule has 4 N–H and O–H groups in total. The van der Waals surface area contributed by atoms with Crippen LogP contribution in [0, 0.1) is 0 Å². The van der Waals surface area contributed by atoms with E-state index in [0.29, 0.717) is 18.7 Å². The van der Waals surface area contributed by atoms with E-state index in [0.717, 1.165) is 30.0 Å². The number of piperidine rings is 1. The number of carbonyl (C=O) groups is 1. The Morgan fingerprint density at radius 3 is 2.55 bits per heavy atom. The molecule has 1 heterocycles. The molecule has 1 aliphatic heterocycles. The molecule has 0 unspecified atom stereocenters. The van der Waals surface area contributed by atoms with Crippen LogP contribution in [-0.4, -0.2) is 25.7 Å². The molecule has 0 radical (unpaired) electrons. The first-order valence-corrected chi connectivity index (χ1v) is 7.14. The van der Waals surface area contributed by atoms with Gasteiger partial charge in [0.15, 0.2) is 0 Å². The highest BCUT2D eigenvalue weighted by Gasteiger charge is 2.15. The molecule has 2 rings (SSSR count). The van der Waals surface area contributed by atoms with Gasteiger partial charge in [0.05, 0.1) is 18.0 Å². The summed E-state index contributed by atoms with van der Waals surface area (Å²) in [6.45, 7) is 3.84. The minimum absolute atomic E-state index is 0.268. The summed E-state index contributed by atoms with van der Waals surface area (Å²) in [5, 5.41) is 0. The highest BCUT2D eigenvalue weighted by molar-refractivity contribution is 5.74. The smallest absolute Gasteiger partial charge is 0.302 e. The molecule has 0 saturated carbocycles. The second-order valence-electron chi connectivity index (χ2n) is 5.25. The summed E-state index contributed by atoms with van der Waals surface area (Å²) in [5.41, 5.74) is 15.5. The molecule has 0 amide bonds. The highest BCUT2D eigenvalue weighted by Crippen LogP contribution is 2.31. The van der Waals surface area contributed by atoms with Crippen molar-refractivity contribution >= 4 is 23.0 Å². The molecule has 110 valence electrons. The number of nitrogen functional groups attached to an aromatic ring is 2. The summed E-state index contributed by atoms with van der Waals surface area (Å²) >= 11 is 0. The first kappa shape index (κ1) is 14.5. The van der Waals surface area contributed by atoms with Crippen molar-refractivity contribution in [2.45, 2.75) is 32.6 Å². The van der Waals surface area contributed by atoms with Gasteiger partial charge >= 0.3 is 5.97 Å². The van der Waals surface area contributed by atoms with Crippen LogP contribution in [-0.2, 0) is 16.0 Å². The van der Waals surface area contributed by atoms with E-state index < -0.39 is 0 Å². The second-order valence-corrected chi connectivity index (χ2v) is 5.25. The maximum absolute atomic E-state index is 10.8. The molecule has 0 spiro atoms. The van der Waals surface area contributed by atoms with Gasteiger partial charge in [-0.3, -0.25) is 4.79 Å². The Morgan fingerprint density at radius 2 is 1.90 bits per heavy atom. The van der Waals surface area contributed by atoms with Gasteiger partial charge in [-0.05, 0) is 37.0 Å². The van der Waals surface area contributed by atoms with Gasteiger partial charge in [0, 0.05) is 32.1 Å². The number of esters is 1. The Balaban J connectivity index is 2.13. The Bertz CT molecular complexity index is 482. The molecule has 0 atom stereocenters. The van der Waals surface area contributed by atoms with Crippen molar-refractivity contribution in [3.8, 4) is 0 Å². The van der Waals surface area contributed by atoms with Gasteiger partial charge in [-0.1, -0.05) is 0 Å². The molecule has 20 heavy (non-hydrogen) atoms. The lowest BCUT2D eigenvalue weighted by Crippen LogP contribution is -2.30. The normalized spacial score (nSPS) is 15.2. The lowest BCUT2D eigenvalue weighted by Gasteiger charge is -2.30. The number of anilines is 3. The number of benzene rings is 1. The minimum atomic E-state index is -0.268. The van der Waals surface area contributed by atoms with E-state index in [1.165, 1.54) is 26.2 Å². The Hall–Kier alpha value is -1.91. The molecule has 0 bridgehead atoms. The molecule has 1 fully saturated rings. The van der Waals surface area contributed by atoms with Crippen molar-refractivity contribution in [3.05, 3.63) is 17.7 Å². The average molecular weight is 277 g/mol. The van der Waals surface area contributed by atoms with Gasteiger partial charge in [-0.2, -0.15) is 0 Å². The zero-order chi connectivity index (χ0) is 14.5.